The normalized spacial score (nSPS) is 44.7. The first-order chi connectivity index (χ1) is 4.63. The third-order valence-corrected chi connectivity index (χ3v) is 1.98. The fourth-order valence-electron chi connectivity index (χ4n) is 1.19. The van der Waals surface area contributed by atoms with Gasteiger partial charge >= 0.3 is 0 Å². The van der Waals surface area contributed by atoms with Gasteiger partial charge in [0.1, 0.15) is 6.10 Å². The van der Waals surface area contributed by atoms with E-state index in [0.717, 1.165) is 0 Å². The molecule has 1 fully saturated rings. The molecule has 0 radical (unpaired) electrons. The van der Waals surface area contributed by atoms with Gasteiger partial charge in [0, 0.05) is 6.04 Å². The van der Waals surface area contributed by atoms with Crippen LogP contribution in [-0.4, -0.2) is 39.7 Å². The Morgan fingerprint density at radius 1 is 1.00 bits per heavy atom. The van der Waals surface area contributed by atoms with E-state index in [4.69, 9.17) is 21.1 Å². The van der Waals surface area contributed by atoms with E-state index in [1.54, 1.807) is 0 Å². The summed E-state index contributed by atoms with van der Waals surface area (Å²) in [4.78, 5) is 0. The molecular formula is C6H14ClNO3. The Balaban J connectivity index is 0.000001000. The third kappa shape index (κ3) is 2.28. The lowest BCUT2D eigenvalue weighted by Crippen LogP contribution is -2.52. The van der Waals surface area contributed by atoms with Crippen molar-refractivity contribution in [1.29, 1.82) is 0 Å². The summed E-state index contributed by atoms with van der Waals surface area (Å²) >= 11 is 0. The Morgan fingerprint density at radius 2 is 1.55 bits per heavy atom. The lowest BCUT2D eigenvalue weighted by molar-refractivity contribution is -0.0924. The van der Waals surface area contributed by atoms with Crippen molar-refractivity contribution in [2.24, 2.45) is 5.73 Å². The molecule has 1 saturated carbocycles. The zero-order chi connectivity index (χ0) is 7.72. The molecule has 0 aromatic heterocycles. The molecule has 4 nitrogen and oxygen atoms in total. The molecule has 4 atom stereocenters. The molecule has 0 bridgehead atoms. The lowest BCUT2D eigenvalue weighted by atomic mass is 9.88. The second kappa shape index (κ2) is 4.23. The average molecular weight is 184 g/mol. The Kier molecular flexibility index (Phi) is 4.28. The highest BCUT2D eigenvalue weighted by Crippen LogP contribution is 2.17. The van der Waals surface area contributed by atoms with E-state index in [9.17, 15) is 0 Å². The van der Waals surface area contributed by atoms with Crippen molar-refractivity contribution >= 4 is 12.4 Å². The number of aliphatic hydroxyl groups excluding tert-OH is 3. The van der Waals surface area contributed by atoms with Crippen LogP contribution >= 0.6 is 12.4 Å². The topological polar surface area (TPSA) is 86.7 Å². The summed E-state index contributed by atoms with van der Waals surface area (Å²) in [6, 6.07) is -0.390. The van der Waals surface area contributed by atoms with Crippen molar-refractivity contribution in [3.8, 4) is 0 Å². The lowest BCUT2D eigenvalue weighted by Gasteiger charge is -2.32. The number of hydrogen-bond acceptors (Lipinski definition) is 4. The number of rotatable bonds is 0. The SMILES string of the molecule is Cl.N[C@H]1CC[C@@H](O)[C@H](O)[C@@H]1O. The number of halogens is 1. The maximum absolute atomic E-state index is 9.08. The predicted molar refractivity (Wildman–Crippen MR) is 42.5 cm³/mol. The third-order valence-electron chi connectivity index (χ3n) is 1.98. The van der Waals surface area contributed by atoms with E-state index in [1.807, 2.05) is 0 Å². The predicted octanol–water partition coefficient (Wildman–Crippen LogP) is -1.39. The molecule has 5 heteroatoms. The number of aliphatic hydroxyl groups is 3. The number of nitrogens with two attached hydrogens (primary N) is 1. The fraction of sp³-hybridized carbons (Fsp3) is 1.00. The first-order valence-electron chi connectivity index (χ1n) is 3.42. The quantitative estimate of drug-likeness (QED) is 0.373. The minimum Gasteiger partial charge on any atom is -0.390 e. The molecule has 5 N–H and O–H groups in total. The van der Waals surface area contributed by atoms with Gasteiger partial charge < -0.3 is 21.1 Å². The minimum atomic E-state index is -1.07. The Hall–Kier alpha value is 0.130. The van der Waals surface area contributed by atoms with Crippen LogP contribution in [0.2, 0.25) is 0 Å². The van der Waals surface area contributed by atoms with Gasteiger partial charge in [-0.2, -0.15) is 0 Å². The van der Waals surface area contributed by atoms with E-state index < -0.39 is 24.4 Å². The second-order valence-electron chi connectivity index (χ2n) is 2.79. The highest BCUT2D eigenvalue weighted by atomic mass is 35.5. The monoisotopic (exact) mass is 183 g/mol. The smallest absolute Gasteiger partial charge is 0.107 e. The van der Waals surface area contributed by atoms with Gasteiger partial charge in [0.15, 0.2) is 0 Å². The van der Waals surface area contributed by atoms with Crippen molar-refractivity contribution in [2.75, 3.05) is 0 Å². The minimum absolute atomic E-state index is 0. The zero-order valence-corrected chi connectivity index (χ0v) is 6.87. The van der Waals surface area contributed by atoms with Crippen molar-refractivity contribution in [1.82, 2.24) is 0 Å². The first kappa shape index (κ1) is 11.1. The molecule has 0 spiro atoms. The van der Waals surface area contributed by atoms with Gasteiger partial charge in [-0.3, -0.25) is 0 Å². The summed E-state index contributed by atoms with van der Waals surface area (Å²) in [7, 11) is 0. The van der Waals surface area contributed by atoms with Gasteiger partial charge in [0.05, 0.1) is 12.2 Å². The van der Waals surface area contributed by atoms with Crippen molar-refractivity contribution in [3.63, 3.8) is 0 Å². The van der Waals surface area contributed by atoms with E-state index in [2.05, 4.69) is 0 Å². The molecule has 0 unspecified atom stereocenters. The summed E-state index contributed by atoms with van der Waals surface area (Å²) in [6.45, 7) is 0. The number of hydrogen-bond donors (Lipinski definition) is 4. The fourth-order valence-corrected chi connectivity index (χ4v) is 1.19. The average Bonchev–Trinajstić information content (AvgIpc) is 1.93. The van der Waals surface area contributed by atoms with Crippen LogP contribution in [0, 0.1) is 0 Å². The molecule has 0 amide bonds. The first-order valence-corrected chi connectivity index (χ1v) is 3.42. The van der Waals surface area contributed by atoms with Crippen LogP contribution in [0.25, 0.3) is 0 Å². The van der Waals surface area contributed by atoms with Gasteiger partial charge in [0.25, 0.3) is 0 Å². The van der Waals surface area contributed by atoms with Crippen molar-refractivity contribution in [2.45, 2.75) is 37.2 Å². The van der Waals surface area contributed by atoms with E-state index in [1.165, 1.54) is 0 Å². The molecule has 0 aliphatic heterocycles. The van der Waals surface area contributed by atoms with Gasteiger partial charge in [-0.15, -0.1) is 12.4 Å². The summed E-state index contributed by atoms with van der Waals surface area (Å²) in [6.07, 6.45) is -1.80. The molecule has 0 heterocycles. The van der Waals surface area contributed by atoms with Crippen LogP contribution in [0.15, 0.2) is 0 Å². The van der Waals surface area contributed by atoms with Crippen LogP contribution in [-0.2, 0) is 0 Å². The zero-order valence-electron chi connectivity index (χ0n) is 6.05. The highest BCUT2D eigenvalue weighted by molar-refractivity contribution is 5.85. The van der Waals surface area contributed by atoms with Gasteiger partial charge in [-0.1, -0.05) is 0 Å². The molecule has 68 valence electrons. The van der Waals surface area contributed by atoms with E-state index in [0.29, 0.717) is 12.8 Å². The van der Waals surface area contributed by atoms with Gasteiger partial charge in [-0.05, 0) is 12.8 Å². The van der Waals surface area contributed by atoms with Crippen LogP contribution in [0.5, 0.6) is 0 Å². The van der Waals surface area contributed by atoms with Crippen LogP contribution in [0.4, 0.5) is 0 Å². The van der Waals surface area contributed by atoms with Crippen molar-refractivity contribution < 1.29 is 15.3 Å². The molecule has 1 aliphatic rings. The molecular weight excluding hydrogens is 170 g/mol. The standard InChI is InChI=1S/C6H13NO3.ClH/c7-3-1-2-4(8)6(10)5(3)9;/h3-6,8-10H,1-2,7H2;1H/t3-,4+,5+,6-;/m0./s1. The molecule has 0 aromatic carbocycles. The Labute approximate surface area is 71.4 Å². The summed E-state index contributed by atoms with van der Waals surface area (Å²) in [5, 5.41) is 27.1. The maximum Gasteiger partial charge on any atom is 0.107 e. The highest BCUT2D eigenvalue weighted by Gasteiger charge is 2.34. The molecule has 0 saturated heterocycles. The summed E-state index contributed by atoms with van der Waals surface area (Å²) in [5.74, 6) is 0. The van der Waals surface area contributed by atoms with E-state index >= 15 is 0 Å². The Bertz CT molecular complexity index is 110. The van der Waals surface area contributed by atoms with Crippen LogP contribution in [0.1, 0.15) is 12.8 Å². The van der Waals surface area contributed by atoms with Gasteiger partial charge in [-0.25, -0.2) is 0 Å². The van der Waals surface area contributed by atoms with Gasteiger partial charge in [0.2, 0.25) is 0 Å². The maximum atomic E-state index is 9.08. The van der Waals surface area contributed by atoms with E-state index in [-0.39, 0.29) is 12.4 Å². The molecule has 0 aromatic rings. The summed E-state index contributed by atoms with van der Waals surface area (Å²) < 4.78 is 0. The Morgan fingerprint density at radius 3 is 2.00 bits per heavy atom. The molecule has 1 rings (SSSR count). The second-order valence-corrected chi connectivity index (χ2v) is 2.79. The van der Waals surface area contributed by atoms with Crippen molar-refractivity contribution in [3.05, 3.63) is 0 Å². The summed E-state index contributed by atoms with van der Waals surface area (Å²) in [5.41, 5.74) is 5.41. The molecule has 1 aliphatic carbocycles. The van der Waals surface area contributed by atoms with Crippen LogP contribution in [0.3, 0.4) is 0 Å². The van der Waals surface area contributed by atoms with Crippen LogP contribution < -0.4 is 5.73 Å². The molecule has 11 heavy (non-hydrogen) atoms. The largest absolute Gasteiger partial charge is 0.390 e.